The van der Waals surface area contributed by atoms with E-state index in [1.807, 2.05) is 26.0 Å². The molecule has 194 valence electrons. The number of halogens is 1. The van der Waals surface area contributed by atoms with E-state index < -0.39 is 34.6 Å². The molecule has 1 spiro atoms. The van der Waals surface area contributed by atoms with Gasteiger partial charge in [-0.15, -0.1) is 18.3 Å². The van der Waals surface area contributed by atoms with Gasteiger partial charge in [-0.25, -0.2) is 0 Å². The zero-order valence-corrected chi connectivity index (χ0v) is 22.3. The number of hydrogen-bond donors (Lipinski definition) is 1. The smallest absolute Gasteiger partial charge is 0.311 e. The standard InChI is InChI=1S/C27H33ClN2O5S/c1-5-13-29(22-16(4)9-8-10-18(22)28)25(33)23-27-12-11-19(36-27)20(26(34)35-14-6-2)21(27)24(32)30(23)17(7-3)15-31/h5-6,8-10,17,19-21,23,31H,1-2,7,11-15H2,3-4H3/t17-,19-,20+,21-,23?,27?/m0/s1. The first kappa shape index (κ1) is 26.8. The van der Waals surface area contributed by atoms with Gasteiger partial charge in [0.15, 0.2) is 0 Å². The fourth-order valence-corrected chi connectivity index (χ4v) is 8.73. The molecular formula is C27H33ClN2O5S. The molecule has 2 unspecified atom stereocenters. The lowest BCUT2D eigenvalue weighted by Crippen LogP contribution is -2.57. The number of aliphatic hydroxyl groups excluding tert-OH is 1. The van der Waals surface area contributed by atoms with Gasteiger partial charge in [-0.1, -0.05) is 49.4 Å². The number of esters is 1. The summed E-state index contributed by atoms with van der Waals surface area (Å²) in [6.07, 6.45) is 4.95. The molecule has 9 heteroatoms. The molecule has 2 amide bonds. The highest BCUT2D eigenvalue weighted by atomic mass is 35.5. The first-order valence-electron chi connectivity index (χ1n) is 12.3. The first-order chi connectivity index (χ1) is 17.3. The first-order valence-corrected chi connectivity index (χ1v) is 13.6. The average Bonchev–Trinajstić information content (AvgIpc) is 3.50. The number of fused-ring (bicyclic) bond motifs is 1. The highest BCUT2D eigenvalue weighted by Gasteiger charge is 2.74. The molecule has 0 aromatic heterocycles. The van der Waals surface area contributed by atoms with E-state index in [2.05, 4.69) is 13.2 Å². The van der Waals surface area contributed by atoms with Crippen molar-refractivity contribution < 1.29 is 24.2 Å². The fraction of sp³-hybridized carbons (Fsp3) is 0.519. The molecule has 1 aromatic carbocycles. The van der Waals surface area contributed by atoms with Crippen LogP contribution in [-0.4, -0.2) is 69.6 Å². The summed E-state index contributed by atoms with van der Waals surface area (Å²) in [5.74, 6) is -2.29. The van der Waals surface area contributed by atoms with Gasteiger partial charge in [0.25, 0.3) is 5.91 Å². The van der Waals surface area contributed by atoms with E-state index >= 15 is 0 Å². The number of benzene rings is 1. The van der Waals surface area contributed by atoms with Gasteiger partial charge in [0.05, 0.1) is 39.9 Å². The van der Waals surface area contributed by atoms with Crippen LogP contribution in [0.5, 0.6) is 0 Å². The summed E-state index contributed by atoms with van der Waals surface area (Å²) in [4.78, 5) is 44.8. The summed E-state index contributed by atoms with van der Waals surface area (Å²) in [6.45, 7) is 11.2. The Bertz CT molecular complexity index is 1060. The number of likely N-dealkylation sites (tertiary alicyclic amines) is 1. The van der Waals surface area contributed by atoms with Gasteiger partial charge in [0.1, 0.15) is 12.6 Å². The molecule has 3 heterocycles. The number of amides is 2. The van der Waals surface area contributed by atoms with Crippen LogP contribution in [0.3, 0.4) is 0 Å². The van der Waals surface area contributed by atoms with Gasteiger partial charge >= 0.3 is 5.97 Å². The monoisotopic (exact) mass is 532 g/mol. The molecule has 0 saturated carbocycles. The van der Waals surface area contributed by atoms with Crippen molar-refractivity contribution in [2.75, 3.05) is 24.7 Å². The van der Waals surface area contributed by atoms with Crippen molar-refractivity contribution in [1.29, 1.82) is 0 Å². The summed E-state index contributed by atoms with van der Waals surface area (Å²) in [5.41, 5.74) is 1.40. The molecule has 1 N–H and O–H groups in total. The van der Waals surface area contributed by atoms with Crippen LogP contribution in [0.4, 0.5) is 5.69 Å². The van der Waals surface area contributed by atoms with Gasteiger partial charge in [0, 0.05) is 11.8 Å². The zero-order chi connectivity index (χ0) is 26.2. The third-order valence-electron chi connectivity index (χ3n) is 7.70. The SMILES string of the molecule is C=CCOC(=O)[C@@H]1[C@@H]2CCC3(S2)C(C(=O)N(CC=C)c2c(C)cccc2Cl)N([C@@H](CC)CO)C(=O)[C@H]13. The normalized spacial score (nSPS) is 29.1. The molecular weight excluding hydrogens is 500 g/mol. The van der Waals surface area contributed by atoms with Gasteiger partial charge in [0.2, 0.25) is 5.91 Å². The second kappa shape index (κ2) is 10.6. The maximum absolute atomic E-state index is 14.5. The van der Waals surface area contributed by atoms with Crippen molar-refractivity contribution in [3.8, 4) is 0 Å². The Kier molecular flexibility index (Phi) is 7.88. The molecule has 6 atom stereocenters. The third kappa shape index (κ3) is 4.07. The van der Waals surface area contributed by atoms with E-state index in [9.17, 15) is 19.5 Å². The van der Waals surface area contributed by atoms with Crippen molar-refractivity contribution >= 4 is 46.8 Å². The van der Waals surface area contributed by atoms with Crippen LogP contribution >= 0.6 is 23.4 Å². The molecule has 3 saturated heterocycles. The lowest BCUT2D eigenvalue weighted by molar-refractivity contribution is -0.153. The Balaban J connectivity index is 1.83. The van der Waals surface area contributed by atoms with Crippen molar-refractivity contribution in [2.24, 2.45) is 11.8 Å². The second-order valence-electron chi connectivity index (χ2n) is 9.61. The molecule has 2 bridgehead atoms. The largest absolute Gasteiger partial charge is 0.461 e. The van der Waals surface area contributed by atoms with Crippen LogP contribution in [0.2, 0.25) is 5.02 Å². The summed E-state index contributed by atoms with van der Waals surface area (Å²) < 4.78 is 4.61. The van der Waals surface area contributed by atoms with Crippen molar-refractivity contribution in [1.82, 2.24) is 4.90 Å². The lowest BCUT2D eigenvalue weighted by Gasteiger charge is -2.39. The number of hydrogen-bond acceptors (Lipinski definition) is 6. The van der Waals surface area contributed by atoms with Gasteiger partial charge in [-0.05, 0) is 37.8 Å². The van der Waals surface area contributed by atoms with Crippen molar-refractivity contribution in [2.45, 2.75) is 55.2 Å². The van der Waals surface area contributed by atoms with E-state index in [0.29, 0.717) is 30.0 Å². The molecule has 3 fully saturated rings. The molecule has 7 nitrogen and oxygen atoms in total. The fourth-order valence-electron chi connectivity index (χ4n) is 6.22. The zero-order valence-electron chi connectivity index (χ0n) is 20.7. The predicted octanol–water partition coefficient (Wildman–Crippen LogP) is 3.76. The van der Waals surface area contributed by atoms with Crippen LogP contribution in [0.15, 0.2) is 43.5 Å². The van der Waals surface area contributed by atoms with Crippen LogP contribution in [0.1, 0.15) is 31.7 Å². The van der Waals surface area contributed by atoms with E-state index in [4.69, 9.17) is 16.3 Å². The van der Waals surface area contributed by atoms with E-state index in [1.54, 1.807) is 33.7 Å². The molecule has 0 aliphatic carbocycles. The highest BCUT2D eigenvalue weighted by Crippen LogP contribution is 2.67. The molecule has 3 aliphatic rings. The number of rotatable bonds is 10. The van der Waals surface area contributed by atoms with E-state index in [-0.39, 0.29) is 36.8 Å². The number of thioether (sulfide) groups is 1. The quantitative estimate of drug-likeness (QED) is 0.365. The van der Waals surface area contributed by atoms with Crippen molar-refractivity contribution in [3.05, 3.63) is 54.1 Å². The molecule has 1 aromatic rings. The number of ether oxygens (including phenoxy) is 1. The number of carbonyl (C=O) groups excluding carboxylic acids is 3. The minimum absolute atomic E-state index is 0.0693. The predicted molar refractivity (Wildman–Crippen MR) is 142 cm³/mol. The summed E-state index contributed by atoms with van der Waals surface area (Å²) in [5, 5.41) is 10.5. The van der Waals surface area contributed by atoms with Gasteiger partial charge < -0.3 is 19.6 Å². The van der Waals surface area contributed by atoms with Crippen LogP contribution in [0, 0.1) is 18.8 Å². The van der Waals surface area contributed by atoms with Gasteiger partial charge in [-0.2, -0.15) is 0 Å². The number of carbonyl (C=O) groups is 3. The summed E-state index contributed by atoms with van der Waals surface area (Å²) in [7, 11) is 0. The van der Waals surface area contributed by atoms with Crippen molar-refractivity contribution in [3.63, 3.8) is 0 Å². The highest BCUT2D eigenvalue weighted by molar-refractivity contribution is 8.02. The number of nitrogens with zero attached hydrogens (tertiary/aromatic N) is 2. The molecule has 36 heavy (non-hydrogen) atoms. The molecule has 0 radical (unpaired) electrons. The Morgan fingerprint density at radius 3 is 2.75 bits per heavy atom. The van der Waals surface area contributed by atoms with Gasteiger partial charge in [-0.3, -0.25) is 14.4 Å². The van der Waals surface area contributed by atoms with Crippen LogP contribution < -0.4 is 4.90 Å². The minimum atomic E-state index is -0.852. The number of aliphatic hydroxyl groups is 1. The topological polar surface area (TPSA) is 87.2 Å². The molecule has 3 aliphatic heterocycles. The summed E-state index contributed by atoms with van der Waals surface area (Å²) in [6, 6.07) is 4.04. The number of anilines is 1. The Morgan fingerprint density at radius 2 is 2.14 bits per heavy atom. The summed E-state index contributed by atoms with van der Waals surface area (Å²) >= 11 is 8.13. The van der Waals surface area contributed by atoms with E-state index in [1.165, 1.54) is 6.08 Å². The Hall–Kier alpha value is -2.29. The minimum Gasteiger partial charge on any atom is -0.461 e. The Morgan fingerprint density at radius 1 is 1.39 bits per heavy atom. The maximum atomic E-state index is 14.5. The second-order valence-corrected chi connectivity index (χ2v) is 11.6. The average molecular weight is 533 g/mol. The third-order valence-corrected chi connectivity index (χ3v) is 9.96. The molecule has 4 rings (SSSR count). The number of para-hydroxylation sites is 1. The van der Waals surface area contributed by atoms with Crippen LogP contribution in [-0.2, 0) is 19.1 Å². The Labute approximate surface area is 221 Å². The van der Waals surface area contributed by atoms with E-state index in [0.717, 1.165) is 5.56 Å². The van der Waals surface area contributed by atoms with Crippen LogP contribution in [0.25, 0.3) is 0 Å². The maximum Gasteiger partial charge on any atom is 0.311 e. The number of aryl methyl sites for hydroxylation is 1. The lowest BCUT2D eigenvalue weighted by atomic mass is 9.71.